The van der Waals surface area contributed by atoms with Crippen molar-refractivity contribution in [1.29, 1.82) is 0 Å². The van der Waals surface area contributed by atoms with Crippen LogP contribution in [-0.2, 0) is 0 Å². The first-order chi connectivity index (χ1) is 8.22. The monoisotopic (exact) mass is 243 g/mol. The molecule has 2 nitrogen and oxygen atoms in total. The molecule has 2 aromatic rings. The predicted octanol–water partition coefficient (Wildman–Crippen LogP) is 4.69. The van der Waals surface area contributed by atoms with Crippen molar-refractivity contribution >= 4 is 11.4 Å². The number of hydrogen-bond acceptors (Lipinski definition) is 2. The fourth-order valence-electron chi connectivity index (χ4n) is 1.89. The lowest BCUT2D eigenvalue weighted by molar-refractivity contribution is 0.417. The van der Waals surface area contributed by atoms with E-state index in [1.807, 2.05) is 24.3 Å². The molecule has 0 fully saturated rings. The van der Waals surface area contributed by atoms with Crippen molar-refractivity contribution < 1.29 is 4.74 Å². The van der Waals surface area contributed by atoms with Crippen LogP contribution in [0.4, 0.5) is 11.4 Å². The van der Waals surface area contributed by atoms with Gasteiger partial charge in [-0.2, -0.15) is 0 Å². The van der Waals surface area contributed by atoms with Gasteiger partial charge in [-0.1, -0.05) is 37.8 Å². The lowest BCUT2D eigenvalue weighted by atomic mass is 10.1. The second-order valence-corrected chi connectivity index (χ2v) is 4.09. The molecule has 0 aromatic heterocycles. The third-order valence-electron chi connectivity index (χ3n) is 2.85. The number of rotatable bonds is 3. The van der Waals surface area contributed by atoms with E-state index in [1.165, 1.54) is 11.1 Å². The lowest BCUT2D eigenvalue weighted by Crippen LogP contribution is -1.98. The molecular weight excluding hydrogens is 222 g/mol. The Labute approximate surface area is 110 Å². The number of hydrogen-bond donors (Lipinski definition) is 1. The van der Waals surface area contributed by atoms with Gasteiger partial charge in [0.2, 0.25) is 0 Å². The van der Waals surface area contributed by atoms with E-state index in [1.54, 1.807) is 7.11 Å². The van der Waals surface area contributed by atoms with Crippen LogP contribution in [0.5, 0.6) is 5.75 Å². The molecule has 2 rings (SSSR count). The molecule has 0 saturated carbocycles. The maximum Gasteiger partial charge on any atom is 0.142 e. The Bertz CT molecular complexity index is 500. The van der Waals surface area contributed by atoms with Gasteiger partial charge in [-0.05, 0) is 37.1 Å². The van der Waals surface area contributed by atoms with Crippen LogP contribution in [0.15, 0.2) is 42.5 Å². The van der Waals surface area contributed by atoms with E-state index in [4.69, 9.17) is 4.74 Å². The van der Waals surface area contributed by atoms with Gasteiger partial charge >= 0.3 is 0 Å². The Hall–Kier alpha value is -1.96. The summed E-state index contributed by atoms with van der Waals surface area (Å²) in [6.07, 6.45) is 0. The van der Waals surface area contributed by atoms with Crippen molar-refractivity contribution in [2.45, 2.75) is 21.3 Å². The minimum absolute atomic E-state index is 0. The van der Waals surface area contributed by atoms with Crippen molar-refractivity contribution in [1.82, 2.24) is 0 Å². The fraction of sp³-hybridized carbons (Fsp3) is 0.250. The number of para-hydroxylation sites is 3. The fourth-order valence-corrected chi connectivity index (χ4v) is 1.89. The zero-order valence-electron chi connectivity index (χ0n) is 10.4. The number of ether oxygens (including phenoxy) is 1. The van der Waals surface area contributed by atoms with Gasteiger partial charge in [-0.25, -0.2) is 0 Å². The van der Waals surface area contributed by atoms with Gasteiger partial charge in [0, 0.05) is 5.69 Å². The largest absolute Gasteiger partial charge is 0.495 e. The summed E-state index contributed by atoms with van der Waals surface area (Å²) >= 11 is 0. The van der Waals surface area contributed by atoms with Crippen molar-refractivity contribution in [2.24, 2.45) is 0 Å². The Kier molecular flexibility index (Phi) is 4.78. The first-order valence-corrected chi connectivity index (χ1v) is 5.68. The molecule has 1 N–H and O–H groups in total. The van der Waals surface area contributed by atoms with Gasteiger partial charge in [0.05, 0.1) is 12.8 Å². The summed E-state index contributed by atoms with van der Waals surface area (Å²) < 4.78 is 5.33. The summed E-state index contributed by atoms with van der Waals surface area (Å²) in [5.41, 5.74) is 4.61. The lowest BCUT2D eigenvalue weighted by Gasteiger charge is -2.15. The van der Waals surface area contributed by atoms with Crippen molar-refractivity contribution in [3.63, 3.8) is 0 Å². The van der Waals surface area contributed by atoms with Crippen LogP contribution in [0.1, 0.15) is 18.6 Å². The van der Waals surface area contributed by atoms with E-state index < -0.39 is 0 Å². The molecule has 0 radical (unpaired) electrons. The molecule has 0 aliphatic rings. The maximum absolute atomic E-state index is 5.33. The molecule has 0 amide bonds. The Morgan fingerprint density at radius 1 is 0.889 bits per heavy atom. The molecule has 0 spiro atoms. The molecule has 0 bridgehead atoms. The minimum Gasteiger partial charge on any atom is -0.495 e. The third kappa shape index (κ3) is 2.83. The predicted molar refractivity (Wildman–Crippen MR) is 78.9 cm³/mol. The second kappa shape index (κ2) is 6.10. The van der Waals surface area contributed by atoms with Crippen LogP contribution < -0.4 is 10.1 Å². The highest BCUT2D eigenvalue weighted by Crippen LogP contribution is 2.30. The highest BCUT2D eigenvalue weighted by atomic mass is 16.5. The van der Waals surface area contributed by atoms with Gasteiger partial charge in [-0.15, -0.1) is 0 Å². The molecule has 96 valence electrons. The standard InChI is InChI=1S/C15H17NO.CH4/c1-11-7-6-8-12(2)15(11)16-13-9-4-5-10-14(13)17-3;/h4-10,16H,1-3H3;1H4. The van der Waals surface area contributed by atoms with Gasteiger partial charge in [0.15, 0.2) is 0 Å². The van der Waals surface area contributed by atoms with E-state index >= 15 is 0 Å². The summed E-state index contributed by atoms with van der Waals surface area (Å²) in [6, 6.07) is 14.2. The van der Waals surface area contributed by atoms with E-state index in [9.17, 15) is 0 Å². The second-order valence-electron chi connectivity index (χ2n) is 4.09. The molecular formula is C16H21NO. The molecule has 0 aliphatic heterocycles. The van der Waals surface area contributed by atoms with Gasteiger partial charge in [0.25, 0.3) is 0 Å². The highest BCUT2D eigenvalue weighted by Gasteiger charge is 2.05. The van der Waals surface area contributed by atoms with E-state index in [0.29, 0.717) is 0 Å². The van der Waals surface area contributed by atoms with Crippen LogP contribution in [0.2, 0.25) is 0 Å². The first kappa shape index (κ1) is 14.1. The van der Waals surface area contributed by atoms with Crippen molar-refractivity contribution in [3.8, 4) is 5.75 Å². The number of methoxy groups -OCH3 is 1. The molecule has 0 heterocycles. The van der Waals surface area contributed by atoms with E-state index in [-0.39, 0.29) is 7.43 Å². The Morgan fingerprint density at radius 3 is 2.11 bits per heavy atom. The van der Waals surface area contributed by atoms with Gasteiger partial charge in [-0.3, -0.25) is 0 Å². The number of anilines is 2. The van der Waals surface area contributed by atoms with Crippen LogP contribution >= 0.6 is 0 Å². The van der Waals surface area contributed by atoms with Crippen LogP contribution in [0, 0.1) is 13.8 Å². The molecule has 0 atom stereocenters. The van der Waals surface area contributed by atoms with E-state index in [0.717, 1.165) is 17.1 Å². The molecule has 0 aliphatic carbocycles. The molecule has 18 heavy (non-hydrogen) atoms. The SMILES string of the molecule is C.COc1ccccc1Nc1c(C)cccc1C. The Morgan fingerprint density at radius 2 is 1.50 bits per heavy atom. The smallest absolute Gasteiger partial charge is 0.142 e. The van der Waals surface area contributed by atoms with Crippen LogP contribution in [0.3, 0.4) is 0 Å². The normalized spacial score (nSPS) is 9.50. The third-order valence-corrected chi connectivity index (χ3v) is 2.85. The minimum atomic E-state index is 0. The van der Waals surface area contributed by atoms with Gasteiger partial charge < -0.3 is 10.1 Å². The molecule has 0 unspecified atom stereocenters. The number of nitrogens with one attached hydrogen (secondary N) is 1. The maximum atomic E-state index is 5.33. The summed E-state index contributed by atoms with van der Waals surface area (Å²) in [4.78, 5) is 0. The quantitative estimate of drug-likeness (QED) is 0.844. The molecule has 2 heteroatoms. The topological polar surface area (TPSA) is 21.3 Å². The average Bonchev–Trinajstić information content (AvgIpc) is 2.34. The summed E-state index contributed by atoms with van der Waals surface area (Å²) in [7, 11) is 1.69. The van der Waals surface area contributed by atoms with E-state index in [2.05, 4.69) is 37.4 Å². The Balaban J connectivity index is 0.00000162. The summed E-state index contributed by atoms with van der Waals surface area (Å²) in [5.74, 6) is 0.857. The zero-order valence-corrected chi connectivity index (χ0v) is 10.4. The number of benzene rings is 2. The van der Waals surface area contributed by atoms with Gasteiger partial charge in [0.1, 0.15) is 5.75 Å². The molecule has 0 saturated heterocycles. The number of aryl methyl sites for hydroxylation is 2. The molecule has 2 aromatic carbocycles. The summed E-state index contributed by atoms with van der Waals surface area (Å²) in [5, 5.41) is 3.43. The highest BCUT2D eigenvalue weighted by molar-refractivity contribution is 5.70. The van der Waals surface area contributed by atoms with Crippen LogP contribution in [0.25, 0.3) is 0 Å². The van der Waals surface area contributed by atoms with Crippen LogP contribution in [-0.4, -0.2) is 7.11 Å². The van der Waals surface area contributed by atoms with Crippen molar-refractivity contribution in [2.75, 3.05) is 12.4 Å². The summed E-state index contributed by atoms with van der Waals surface area (Å²) in [6.45, 7) is 4.20. The van der Waals surface area contributed by atoms with Crippen molar-refractivity contribution in [3.05, 3.63) is 53.6 Å². The zero-order chi connectivity index (χ0) is 12.3. The average molecular weight is 243 g/mol. The first-order valence-electron chi connectivity index (χ1n) is 5.68.